The Morgan fingerprint density at radius 3 is 2.89 bits per heavy atom. The summed E-state index contributed by atoms with van der Waals surface area (Å²) in [7, 11) is 0. The fraction of sp³-hybridized carbons (Fsp3) is 0.524. The summed E-state index contributed by atoms with van der Waals surface area (Å²) in [6.45, 7) is 6.15. The van der Waals surface area contributed by atoms with E-state index in [-0.39, 0.29) is 11.9 Å². The summed E-state index contributed by atoms with van der Waals surface area (Å²) in [6.07, 6.45) is 6.11. The van der Waals surface area contributed by atoms with Crippen molar-refractivity contribution in [1.29, 1.82) is 0 Å². The van der Waals surface area contributed by atoms with Gasteiger partial charge in [0.25, 0.3) is 0 Å². The zero-order valence-corrected chi connectivity index (χ0v) is 16.6. The second-order valence-electron chi connectivity index (χ2n) is 7.70. The first-order valence-corrected chi connectivity index (χ1v) is 10.8. The van der Waals surface area contributed by atoms with Crippen LogP contribution in [0.2, 0.25) is 0 Å². The standard InChI is InChI=1S/C21H28N4OS/c26-21-7-6-19(23-21)14-25(13-18-5-1-2-8-22-18)15-20-11-17(16-27-20)12-24-9-3-4-10-24/h1-2,5,8,11,16,19H,3-4,6-7,9-10,12-15H2,(H,23,26)/t19-/m0/s1. The van der Waals surface area contributed by atoms with Gasteiger partial charge in [-0.3, -0.25) is 19.6 Å². The van der Waals surface area contributed by atoms with Gasteiger partial charge >= 0.3 is 0 Å². The summed E-state index contributed by atoms with van der Waals surface area (Å²) in [6, 6.07) is 8.69. The second-order valence-corrected chi connectivity index (χ2v) is 8.69. The van der Waals surface area contributed by atoms with Crippen molar-refractivity contribution < 1.29 is 4.79 Å². The molecule has 0 bridgehead atoms. The highest BCUT2D eigenvalue weighted by molar-refractivity contribution is 7.10. The molecule has 144 valence electrons. The summed E-state index contributed by atoms with van der Waals surface area (Å²) in [5, 5.41) is 5.41. The molecule has 0 saturated carbocycles. The van der Waals surface area contributed by atoms with E-state index in [0.717, 1.165) is 38.3 Å². The predicted octanol–water partition coefficient (Wildman–Crippen LogP) is 3.02. The fourth-order valence-electron chi connectivity index (χ4n) is 4.04. The van der Waals surface area contributed by atoms with Crippen molar-refractivity contribution in [2.45, 2.75) is 51.4 Å². The lowest BCUT2D eigenvalue weighted by Crippen LogP contribution is -2.38. The van der Waals surface area contributed by atoms with Crippen LogP contribution in [-0.4, -0.2) is 46.4 Å². The molecule has 6 heteroatoms. The number of hydrogen-bond acceptors (Lipinski definition) is 5. The lowest BCUT2D eigenvalue weighted by molar-refractivity contribution is -0.119. The number of nitrogens with zero attached hydrogens (tertiary/aromatic N) is 3. The molecular weight excluding hydrogens is 356 g/mol. The van der Waals surface area contributed by atoms with Gasteiger partial charge in [-0.05, 0) is 61.5 Å². The van der Waals surface area contributed by atoms with Crippen LogP contribution in [0.25, 0.3) is 0 Å². The number of hydrogen-bond donors (Lipinski definition) is 1. The van der Waals surface area contributed by atoms with Gasteiger partial charge in [-0.25, -0.2) is 0 Å². The molecular formula is C21H28N4OS. The molecule has 2 aliphatic heterocycles. The van der Waals surface area contributed by atoms with Gasteiger partial charge in [0.05, 0.1) is 5.69 Å². The van der Waals surface area contributed by atoms with E-state index in [0.29, 0.717) is 6.42 Å². The van der Waals surface area contributed by atoms with Crippen molar-refractivity contribution in [3.63, 3.8) is 0 Å². The zero-order chi connectivity index (χ0) is 18.5. The van der Waals surface area contributed by atoms with Crippen molar-refractivity contribution in [3.05, 3.63) is 52.0 Å². The van der Waals surface area contributed by atoms with Crippen LogP contribution in [0.15, 0.2) is 35.8 Å². The predicted molar refractivity (Wildman–Crippen MR) is 108 cm³/mol. The highest BCUT2D eigenvalue weighted by atomic mass is 32.1. The Morgan fingerprint density at radius 1 is 1.26 bits per heavy atom. The molecule has 2 fully saturated rings. The van der Waals surface area contributed by atoms with Crippen molar-refractivity contribution in [2.75, 3.05) is 19.6 Å². The summed E-state index contributed by atoms with van der Waals surface area (Å²) in [5.74, 6) is 0.182. The van der Waals surface area contributed by atoms with Crippen molar-refractivity contribution in [2.24, 2.45) is 0 Å². The highest BCUT2D eigenvalue weighted by Gasteiger charge is 2.23. The lowest BCUT2D eigenvalue weighted by atomic mass is 10.2. The Hall–Kier alpha value is -1.76. The molecule has 0 unspecified atom stereocenters. The van der Waals surface area contributed by atoms with Crippen LogP contribution >= 0.6 is 11.3 Å². The van der Waals surface area contributed by atoms with Crippen molar-refractivity contribution in [3.8, 4) is 0 Å². The second kappa shape index (κ2) is 8.95. The topological polar surface area (TPSA) is 48.5 Å². The number of likely N-dealkylation sites (tertiary alicyclic amines) is 1. The Balaban J connectivity index is 1.40. The number of carbonyl (C=O) groups excluding carboxylic acids is 1. The van der Waals surface area contributed by atoms with E-state index >= 15 is 0 Å². The minimum atomic E-state index is 0.182. The average molecular weight is 385 g/mol. The zero-order valence-electron chi connectivity index (χ0n) is 15.8. The Bertz CT molecular complexity index is 742. The van der Waals surface area contributed by atoms with Gasteiger partial charge in [-0.15, -0.1) is 11.3 Å². The van der Waals surface area contributed by atoms with Gasteiger partial charge < -0.3 is 5.32 Å². The maximum Gasteiger partial charge on any atom is 0.220 e. The quantitative estimate of drug-likeness (QED) is 0.760. The van der Waals surface area contributed by atoms with E-state index < -0.39 is 0 Å². The molecule has 1 N–H and O–H groups in total. The highest BCUT2D eigenvalue weighted by Crippen LogP contribution is 2.22. The maximum absolute atomic E-state index is 11.6. The molecule has 2 aromatic heterocycles. The third kappa shape index (κ3) is 5.37. The molecule has 27 heavy (non-hydrogen) atoms. The fourth-order valence-corrected chi connectivity index (χ4v) is 4.96. The molecule has 0 aromatic carbocycles. The van der Waals surface area contributed by atoms with Gasteiger partial charge in [0.15, 0.2) is 0 Å². The van der Waals surface area contributed by atoms with Crippen molar-refractivity contribution >= 4 is 17.2 Å². The van der Waals surface area contributed by atoms with E-state index in [1.165, 1.54) is 36.4 Å². The minimum absolute atomic E-state index is 0.182. The normalized spacial score (nSPS) is 20.5. The summed E-state index contributed by atoms with van der Waals surface area (Å²) in [5.41, 5.74) is 2.51. The number of amides is 1. The van der Waals surface area contributed by atoms with Gasteiger partial charge in [0.2, 0.25) is 5.91 Å². The van der Waals surface area contributed by atoms with E-state index in [1.54, 1.807) is 0 Å². The molecule has 4 rings (SSSR count). The molecule has 0 radical (unpaired) electrons. The number of carbonyl (C=O) groups is 1. The first-order chi connectivity index (χ1) is 13.2. The molecule has 0 aliphatic carbocycles. The number of aromatic nitrogens is 1. The third-order valence-electron chi connectivity index (χ3n) is 5.37. The molecule has 4 heterocycles. The van der Waals surface area contributed by atoms with Crippen LogP contribution in [0.5, 0.6) is 0 Å². The van der Waals surface area contributed by atoms with E-state index in [1.807, 2.05) is 29.7 Å². The molecule has 5 nitrogen and oxygen atoms in total. The molecule has 1 amide bonds. The minimum Gasteiger partial charge on any atom is -0.352 e. The van der Waals surface area contributed by atoms with Gasteiger partial charge in [-0.1, -0.05) is 6.07 Å². The van der Waals surface area contributed by atoms with Gasteiger partial charge in [-0.2, -0.15) is 0 Å². The summed E-state index contributed by atoms with van der Waals surface area (Å²) >= 11 is 1.85. The lowest BCUT2D eigenvalue weighted by Gasteiger charge is -2.24. The summed E-state index contributed by atoms with van der Waals surface area (Å²) < 4.78 is 0. The monoisotopic (exact) mass is 384 g/mol. The Kier molecular flexibility index (Phi) is 6.17. The van der Waals surface area contributed by atoms with Crippen LogP contribution in [0.1, 0.15) is 41.8 Å². The molecule has 2 aliphatic rings. The van der Waals surface area contributed by atoms with Crippen LogP contribution in [-0.2, 0) is 24.4 Å². The third-order valence-corrected chi connectivity index (χ3v) is 6.34. The molecule has 2 saturated heterocycles. The SMILES string of the molecule is O=C1CC[C@@H](CN(Cc2ccccn2)Cc2cc(CN3CCCC3)cs2)N1. The summed E-state index contributed by atoms with van der Waals surface area (Å²) in [4.78, 5) is 22.4. The Morgan fingerprint density at radius 2 is 2.15 bits per heavy atom. The van der Waals surface area contributed by atoms with Gasteiger partial charge in [0, 0.05) is 49.7 Å². The van der Waals surface area contributed by atoms with E-state index in [4.69, 9.17) is 0 Å². The van der Waals surface area contributed by atoms with Crippen LogP contribution in [0.4, 0.5) is 0 Å². The molecule has 0 spiro atoms. The van der Waals surface area contributed by atoms with Crippen LogP contribution in [0.3, 0.4) is 0 Å². The van der Waals surface area contributed by atoms with Gasteiger partial charge in [0.1, 0.15) is 0 Å². The number of rotatable bonds is 8. The Labute approximate surface area is 165 Å². The smallest absolute Gasteiger partial charge is 0.220 e. The molecule has 1 atom stereocenters. The number of pyridine rings is 1. The largest absolute Gasteiger partial charge is 0.352 e. The van der Waals surface area contributed by atoms with Crippen LogP contribution < -0.4 is 5.32 Å². The van der Waals surface area contributed by atoms with E-state index in [9.17, 15) is 4.79 Å². The molecule has 2 aromatic rings. The average Bonchev–Trinajstić information content (AvgIpc) is 3.40. The maximum atomic E-state index is 11.6. The first-order valence-electron chi connectivity index (χ1n) is 9.95. The van der Waals surface area contributed by atoms with E-state index in [2.05, 4.69) is 37.6 Å². The number of thiophene rings is 1. The van der Waals surface area contributed by atoms with Crippen molar-refractivity contribution in [1.82, 2.24) is 20.1 Å². The first kappa shape index (κ1) is 18.6. The van der Waals surface area contributed by atoms with Crippen LogP contribution in [0, 0.1) is 0 Å². The number of nitrogens with one attached hydrogen (secondary N) is 1.